The van der Waals surface area contributed by atoms with Gasteiger partial charge in [-0.2, -0.15) is 0 Å². The number of nitrogens with zero attached hydrogens (tertiary/aromatic N) is 4. The largest absolute Gasteiger partial charge is 0.462 e. The van der Waals surface area contributed by atoms with Crippen LogP contribution in [0.5, 0.6) is 0 Å². The van der Waals surface area contributed by atoms with Crippen molar-refractivity contribution in [1.82, 2.24) is 9.97 Å². The van der Waals surface area contributed by atoms with Gasteiger partial charge < -0.3 is 10.5 Å². The van der Waals surface area contributed by atoms with Crippen LogP contribution in [0.15, 0.2) is 34.4 Å². The molecule has 11 nitrogen and oxygen atoms in total. The van der Waals surface area contributed by atoms with Crippen molar-refractivity contribution in [2.24, 2.45) is 0 Å². The highest BCUT2D eigenvalue weighted by molar-refractivity contribution is 7.99. The molecule has 2 rings (SSSR count). The van der Waals surface area contributed by atoms with Gasteiger partial charge in [-0.15, -0.1) is 0 Å². The summed E-state index contributed by atoms with van der Waals surface area (Å²) in [5.74, 6) is -0.821. The van der Waals surface area contributed by atoms with Gasteiger partial charge in [0, 0.05) is 12.3 Å². The standard InChI is InChI=1S/C13H11N5O6S/c1-2-24-12(19)8-6-15-13(16-11(8)14)25-10-4-3-7(17(20)21)5-9(10)18(22)23/h3-6H,2H2,1H3,(H2,14,15,16). The normalized spacial score (nSPS) is 10.3. The fourth-order valence-corrected chi connectivity index (χ4v) is 2.56. The molecule has 0 saturated heterocycles. The number of aromatic nitrogens is 2. The second-order valence-corrected chi connectivity index (χ2v) is 5.45. The van der Waals surface area contributed by atoms with Crippen LogP contribution in [0.4, 0.5) is 17.2 Å². The van der Waals surface area contributed by atoms with Crippen LogP contribution in [-0.4, -0.2) is 32.4 Å². The summed E-state index contributed by atoms with van der Waals surface area (Å²) in [6.45, 7) is 1.79. The van der Waals surface area contributed by atoms with E-state index in [1.165, 1.54) is 6.07 Å². The SMILES string of the molecule is CCOC(=O)c1cnc(Sc2ccc([N+](=O)[O-])cc2[N+](=O)[O-])nc1N. The zero-order valence-electron chi connectivity index (χ0n) is 12.7. The molecule has 12 heteroatoms. The maximum Gasteiger partial charge on any atom is 0.343 e. The van der Waals surface area contributed by atoms with E-state index in [1.54, 1.807) is 6.92 Å². The lowest BCUT2D eigenvalue weighted by atomic mass is 10.3. The minimum absolute atomic E-state index is 0.0237. The van der Waals surface area contributed by atoms with Gasteiger partial charge in [0.15, 0.2) is 5.16 Å². The second kappa shape index (κ2) is 7.53. The summed E-state index contributed by atoms with van der Waals surface area (Å²) in [6.07, 6.45) is 1.15. The van der Waals surface area contributed by atoms with E-state index in [1.807, 2.05) is 0 Å². The number of hydrogen-bond donors (Lipinski definition) is 1. The molecular formula is C13H11N5O6S. The fourth-order valence-electron chi connectivity index (χ4n) is 1.74. The van der Waals surface area contributed by atoms with Gasteiger partial charge in [0.1, 0.15) is 11.4 Å². The van der Waals surface area contributed by atoms with Crippen molar-refractivity contribution >= 4 is 34.9 Å². The van der Waals surface area contributed by atoms with Crippen molar-refractivity contribution in [3.05, 3.63) is 50.2 Å². The van der Waals surface area contributed by atoms with Crippen molar-refractivity contribution in [3.8, 4) is 0 Å². The first-order chi connectivity index (χ1) is 11.8. The number of esters is 1. The molecule has 0 saturated carbocycles. The number of non-ortho nitro benzene ring substituents is 1. The summed E-state index contributed by atoms with van der Waals surface area (Å²) in [6, 6.07) is 3.20. The van der Waals surface area contributed by atoms with Crippen LogP contribution in [0.1, 0.15) is 17.3 Å². The number of rotatable bonds is 6. The molecule has 0 unspecified atom stereocenters. The Balaban J connectivity index is 2.33. The molecule has 130 valence electrons. The molecule has 1 aromatic heterocycles. The molecule has 0 spiro atoms. The van der Waals surface area contributed by atoms with Gasteiger partial charge in [-0.1, -0.05) is 0 Å². The first-order valence-electron chi connectivity index (χ1n) is 6.73. The van der Waals surface area contributed by atoms with Crippen LogP contribution in [0.3, 0.4) is 0 Å². The van der Waals surface area contributed by atoms with Crippen molar-refractivity contribution < 1.29 is 19.4 Å². The summed E-state index contributed by atoms with van der Waals surface area (Å²) >= 11 is 0.792. The summed E-state index contributed by atoms with van der Waals surface area (Å²) in [4.78, 5) is 39.9. The van der Waals surface area contributed by atoms with E-state index >= 15 is 0 Å². The number of anilines is 1. The fraction of sp³-hybridized carbons (Fsp3) is 0.154. The van der Waals surface area contributed by atoms with Crippen LogP contribution >= 0.6 is 11.8 Å². The van der Waals surface area contributed by atoms with Gasteiger partial charge in [0.2, 0.25) is 0 Å². The van der Waals surface area contributed by atoms with E-state index < -0.39 is 27.2 Å². The number of benzene rings is 1. The lowest BCUT2D eigenvalue weighted by Gasteiger charge is -2.06. The molecule has 0 amide bonds. The van der Waals surface area contributed by atoms with Crippen molar-refractivity contribution in [2.75, 3.05) is 12.3 Å². The Bertz CT molecular complexity index is 859. The van der Waals surface area contributed by atoms with E-state index in [0.29, 0.717) is 0 Å². The Morgan fingerprint density at radius 2 is 2.04 bits per heavy atom. The Morgan fingerprint density at radius 1 is 1.32 bits per heavy atom. The Hall–Kier alpha value is -3.28. The lowest BCUT2D eigenvalue weighted by Crippen LogP contribution is -2.10. The molecule has 0 aliphatic heterocycles. The van der Waals surface area contributed by atoms with E-state index in [2.05, 4.69) is 9.97 Å². The van der Waals surface area contributed by atoms with E-state index in [0.717, 1.165) is 30.1 Å². The topological polar surface area (TPSA) is 164 Å². The van der Waals surface area contributed by atoms with Crippen LogP contribution in [0, 0.1) is 20.2 Å². The van der Waals surface area contributed by atoms with E-state index in [-0.39, 0.29) is 28.0 Å². The van der Waals surface area contributed by atoms with Gasteiger partial charge in [0.25, 0.3) is 11.4 Å². The molecule has 0 fully saturated rings. The zero-order valence-corrected chi connectivity index (χ0v) is 13.6. The molecule has 2 aromatic rings. The molecular weight excluding hydrogens is 354 g/mol. The molecule has 1 aromatic carbocycles. The molecule has 2 N–H and O–H groups in total. The van der Waals surface area contributed by atoms with Crippen LogP contribution < -0.4 is 5.73 Å². The summed E-state index contributed by atoms with van der Waals surface area (Å²) in [7, 11) is 0. The molecule has 1 heterocycles. The number of ether oxygens (including phenoxy) is 1. The van der Waals surface area contributed by atoms with Crippen LogP contribution in [-0.2, 0) is 4.74 Å². The predicted molar refractivity (Wildman–Crippen MR) is 86.3 cm³/mol. The van der Waals surface area contributed by atoms with Crippen molar-refractivity contribution in [2.45, 2.75) is 17.0 Å². The molecule has 0 aliphatic rings. The maximum absolute atomic E-state index is 11.6. The minimum atomic E-state index is -0.744. The van der Waals surface area contributed by atoms with Crippen LogP contribution in [0.25, 0.3) is 0 Å². The Kier molecular flexibility index (Phi) is 5.44. The highest BCUT2D eigenvalue weighted by atomic mass is 32.2. The van der Waals surface area contributed by atoms with Crippen LogP contribution in [0.2, 0.25) is 0 Å². The number of hydrogen-bond acceptors (Lipinski definition) is 10. The quantitative estimate of drug-likeness (QED) is 0.347. The molecule has 25 heavy (non-hydrogen) atoms. The highest BCUT2D eigenvalue weighted by Crippen LogP contribution is 2.35. The Morgan fingerprint density at radius 3 is 2.60 bits per heavy atom. The second-order valence-electron chi connectivity index (χ2n) is 4.44. The first-order valence-corrected chi connectivity index (χ1v) is 7.55. The van der Waals surface area contributed by atoms with Gasteiger partial charge in [-0.3, -0.25) is 20.2 Å². The zero-order chi connectivity index (χ0) is 18.6. The van der Waals surface area contributed by atoms with E-state index in [9.17, 15) is 25.0 Å². The molecule has 0 aliphatic carbocycles. The summed E-state index contributed by atoms with van der Waals surface area (Å²) in [5.41, 5.74) is 4.79. The number of carbonyl (C=O) groups is 1. The number of nitro groups is 2. The Labute approximate surface area is 144 Å². The predicted octanol–water partition coefficient (Wildman–Crippen LogP) is 2.20. The minimum Gasteiger partial charge on any atom is -0.462 e. The highest BCUT2D eigenvalue weighted by Gasteiger charge is 2.22. The third kappa shape index (κ3) is 4.17. The first kappa shape index (κ1) is 18.1. The third-order valence-electron chi connectivity index (χ3n) is 2.84. The van der Waals surface area contributed by atoms with Crippen molar-refractivity contribution in [1.29, 1.82) is 0 Å². The third-order valence-corrected chi connectivity index (χ3v) is 3.79. The summed E-state index contributed by atoms with van der Waals surface area (Å²) in [5, 5.41) is 21.9. The monoisotopic (exact) mass is 365 g/mol. The lowest BCUT2D eigenvalue weighted by molar-refractivity contribution is -0.396. The van der Waals surface area contributed by atoms with Gasteiger partial charge >= 0.3 is 5.97 Å². The van der Waals surface area contributed by atoms with E-state index in [4.69, 9.17) is 10.5 Å². The molecule has 0 bridgehead atoms. The molecule has 0 radical (unpaired) electrons. The van der Waals surface area contributed by atoms with Crippen molar-refractivity contribution in [3.63, 3.8) is 0 Å². The number of nitrogen functional groups attached to an aromatic ring is 1. The molecule has 0 atom stereocenters. The smallest absolute Gasteiger partial charge is 0.343 e. The maximum atomic E-state index is 11.6. The summed E-state index contributed by atoms with van der Waals surface area (Å²) < 4.78 is 4.79. The van der Waals surface area contributed by atoms with Gasteiger partial charge in [-0.25, -0.2) is 14.8 Å². The number of nitrogens with two attached hydrogens (primary N) is 1. The van der Waals surface area contributed by atoms with Gasteiger partial charge in [-0.05, 0) is 24.8 Å². The average Bonchev–Trinajstić information content (AvgIpc) is 2.55. The average molecular weight is 365 g/mol. The van der Waals surface area contributed by atoms with Gasteiger partial charge in [0.05, 0.1) is 27.4 Å². The number of nitro benzene ring substituents is 2. The number of carbonyl (C=O) groups excluding carboxylic acids is 1.